The van der Waals surface area contributed by atoms with Crippen LogP contribution in [0.3, 0.4) is 0 Å². The summed E-state index contributed by atoms with van der Waals surface area (Å²) in [6.07, 6.45) is 83.6. The topological polar surface area (TPSA) is 78.9 Å². The number of rotatable bonds is 67. The van der Waals surface area contributed by atoms with Crippen molar-refractivity contribution in [1.82, 2.24) is 0 Å². The van der Waals surface area contributed by atoms with Crippen molar-refractivity contribution in [3.63, 3.8) is 0 Å². The van der Waals surface area contributed by atoms with Crippen LogP contribution < -0.4 is 0 Å². The van der Waals surface area contributed by atoms with Crippen molar-refractivity contribution in [2.24, 2.45) is 0 Å². The highest BCUT2D eigenvalue weighted by Gasteiger charge is 2.19. The first-order valence-corrected chi connectivity index (χ1v) is 35.8. The van der Waals surface area contributed by atoms with Crippen LogP contribution in [-0.2, 0) is 28.6 Å². The van der Waals surface area contributed by atoms with Crippen molar-refractivity contribution in [3.05, 3.63) is 24.3 Å². The summed E-state index contributed by atoms with van der Waals surface area (Å²) in [5.41, 5.74) is 0. The van der Waals surface area contributed by atoms with Gasteiger partial charge in [0.1, 0.15) is 13.2 Å². The highest BCUT2D eigenvalue weighted by atomic mass is 16.6. The first-order chi connectivity index (χ1) is 39.0. The summed E-state index contributed by atoms with van der Waals surface area (Å²) < 4.78 is 17.0. The monoisotopic (exact) mass is 1110 g/mol. The van der Waals surface area contributed by atoms with Crippen molar-refractivity contribution >= 4 is 17.9 Å². The van der Waals surface area contributed by atoms with E-state index in [-0.39, 0.29) is 31.1 Å². The van der Waals surface area contributed by atoms with E-state index >= 15 is 0 Å². The lowest BCUT2D eigenvalue weighted by Crippen LogP contribution is -2.30. The Morgan fingerprint density at radius 2 is 0.456 bits per heavy atom. The van der Waals surface area contributed by atoms with E-state index in [1.165, 1.54) is 302 Å². The lowest BCUT2D eigenvalue weighted by molar-refractivity contribution is -0.167. The molecule has 0 saturated heterocycles. The minimum absolute atomic E-state index is 0.0633. The average molecular weight is 1110 g/mol. The molecule has 0 heterocycles. The zero-order valence-electron chi connectivity index (χ0n) is 53.7. The zero-order chi connectivity index (χ0) is 57.1. The Bertz CT molecular complexity index is 1270. The predicted octanol–water partition coefficient (Wildman–Crippen LogP) is 24.6. The number of esters is 3. The molecule has 1 atom stereocenters. The van der Waals surface area contributed by atoms with Crippen LogP contribution in [0.1, 0.15) is 406 Å². The Balaban J connectivity index is 4.15. The van der Waals surface area contributed by atoms with Gasteiger partial charge in [-0.3, -0.25) is 14.4 Å². The average Bonchev–Trinajstić information content (AvgIpc) is 3.45. The molecule has 0 fully saturated rings. The van der Waals surface area contributed by atoms with Gasteiger partial charge in [-0.25, -0.2) is 0 Å². The van der Waals surface area contributed by atoms with Crippen LogP contribution in [0.2, 0.25) is 0 Å². The van der Waals surface area contributed by atoms with Gasteiger partial charge in [0.15, 0.2) is 6.10 Å². The lowest BCUT2D eigenvalue weighted by atomic mass is 10.0. The van der Waals surface area contributed by atoms with Gasteiger partial charge in [0.05, 0.1) is 0 Å². The maximum absolute atomic E-state index is 12.9. The van der Waals surface area contributed by atoms with Crippen LogP contribution >= 0.6 is 0 Å². The fourth-order valence-electron chi connectivity index (χ4n) is 11.1. The largest absolute Gasteiger partial charge is 0.462 e. The molecule has 0 aromatic carbocycles. The Morgan fingerprint density at radius 3 is 0.696 bits per heavy atom. The molecule has 0 aliphatic heterocycles. The first kappa shape index (κ1) is 76.9. The van der Waals surface area contributed by atoms with Crippen molar-refractivity contribution in [2.45, 2.75) is 412 Å². The lowest BCUT2D eigenvalue weighted by Gasteiger charge is -2.18. The van der Waals surface area contributed by atoms with Crippen LogP contribution in [0.25, 0.3) is 0 Å². The fourth-order valence-corrected chi connectivity index (χ4v) is 11.1. The van der Waals surface area contributed by atoms with Crippen LogP contribution in [0.4, 0.5) is 0 Å². The Morgan fingerprint density at radius 1 is 0.253 bits per heavy atom. The van der Waals surface area contributed by atoms with Crippen LogP contribution in [0.15, 0.2) is 24.3 Å². The third kappa shape index (κ3) is 66.6. The molecule has 0 aliphatic rings. The SMILES string of the molecule is CCCCCCC/C=C\C/C=C\CCCCCCCCCCCCCCCCCCCC(=O)OCC(COC(=O)CCCCCCCCCCCCCC)OC(=O)CCCCCCCCCCCCCCCCCCCCCC. The Hall–Kier alpha value is -2.11. The molecule has 6 heteroatoms. The molecule has 0 aromatic heterocycles. The van der Waals surface area contributed by atoms with Gasteiger partial charge >= 0.3 is 17.9 Å². The number of hydrogen-bond donors (Lipinski definition) is 0. The standard InChI is InChI=1S/C73H138O6/c1-4-7-10-13-16-19-22-25-27-29-31-33-34-35-36-37-38-39-40-41-43-44-46-48-51-54-57-60-63-66-72(75)78-69-70(68-77-71(74)65-62-59-56-53-50-24-21-18-15-12-9-6-3)79-73(76)67-64-61-58-55-52-49-47-45-42-32-30-28-26-23-20-17-14-11-8-5-2/h22,25,29,31,70H,4-21,23-24,26-28,30,32-69H2,1-3H3/b25-22-,31-29-. The number of ether oxygens (including phenoxy) is 3. The van der Waals surface area contributed by atoms with Gasteiger partial charge in [0, 0.05) is 19.3 Å². The van der Waals surface area contributed by atoms with Crippen molar-refractivity contribution in [3.8, 4) is 0 Å². The molecule has 0 spiro atoms. The molecular weight excluding hydrogens is 973 g/mol. The van der Waals surface area contributed by atoms with Gasteiger partial charge in [-0.2, -0.15) is 0 Å². The van der Waals surface area contributed by atoms with Gasteiger partial charge in [0.2, 0.25) is 0 Å². The summed E-state index contributed by atoms with van der Waals surface area (Å²) in [5, 5.41) is 0. The third-order valence-electron chi connectivity index (χ3n) is 16.5. The third-order valence-corrected chi connectivity index (χ3v) is 16.5. The van der Waals surface area contributed by atoms with Gasteiger partial charge in [-0.1, -0.05) is 360 Å². The number of carbonyl (C=O) groups is 3. The van der Waals surface area contributed by atoms with Gasteiger partial charge in [-0.15, -0.1) is 0 Å². The molecule has 79 heavy (non-hydrogen) atoms. The van der Waals surface area contributed by atoms with Crippen LogP contribution in [0.5, 0.6) is 0 Å². The second-order valence-corrected chi connectivity index (χ2v) is 24.5. The summed E-state index contributed by atoms with van der Waals surface area (Å²) in [6.45, 7) is 6.71. The van der Waals surface area contributed by atoms with E-state index < -0.39 is 6.10 Å². The van der Waals surface area contributed by atoms with Crippen molar-refractivity contribution < 1.29 is 28.6 Å². The van der Waals surface area contributed by atoms with E-state index in [9.17, 15) is 14.4 Å². The molecule has 0 aliphatic carbocycles. The fraction of sp³-hybridized carbons (Fsp3) is 0.904. The predicted molar refractivity (Wildman–Crippen MR) is 344 cm³/mol. The van der Waals surface area contributed by atoms with E-state index in [1.54, 1.807) is 0 Å². The molecular formula is C73H138O6. The highest BCUT2D eigenvalue weighted by molar-refractivity contribution is 5.71. The number of carbonyl (C=O) groups excluding carboxylic acids is 3. The Labute approximate surface area is 493 Å². The maximum atomic E-state index is 12.9. The number of unbranched alkanes of at least 4 members (excludes halogenated alkanes) is 52. The van der Waals surface area contributed by atoms with Crippen molar-refractivity contribution in [2.75, 3.05) is 13.2 Å². The molecule has 0 N–H and O–H groups in total. The van der Waals surface area contributed by atoms with Gasteiger partial charge in [0.25, 0.3) is 0 Å². The molecule has 0 radical (unpaired) electrons. The summed E-state index contributed by atoms with van der Waals surface area (Å²) >= 11 is 0. The Kier molecular flexibility index (Phi) is 66.6. The molecule has 466 valence electrons. The summed E-state index contributed by atoms with van der Waals surface area (Å²) in [7, 11) is 0. The van der Waals surface area contributed by atoms with E-state index in [0.29, 0.717) is 19.3 Å². The molecule has 0 rings (SSSR count). The van der Waals surface area contributed by atoms with Crippen LogP contribution in [0, 0.1) is 0 Å². The molecule has 1 unspecified atom stereocenters. The molecule has 0 amide bonds. The zero-order valence-corrected chi connectivity index (χ0v) is 53.7. The quantitative estimate of drug-likeness (QED) is 0.0261. The second-order valence-electron chi connectivity index (χ2n) is 24.5. The van der Waals surface area contributed by atoms with E-state index in [4.69, 9.17) is 14.2 Å². The highest BCUT2D eigenvalue weighted by Crippen LogP contribution is 2.19. The summed E-state index contributed by atoms with van der Waals surface area (Å²) in [4.78, 5) is 38.4. The van der Waals surface area contributed by atoms with E-state index in [0.717, 1.165) is 64.2 Å². The van der Waals surface area contributed by atoms with Gasteiger partial charge < -0.3 is 14.2 Å². The first-order valence-electron chi connectivity index (χ1n) is 35.8. The molecule has 0 saturated carbocycles. The maximum Gasteiger partial charge on any atom is 0.306 e. The normalized spacial score (nSPS) is 12.1. The smallest absolute Gasteiger partial charge is 0.306 e. The van der Waals surface area contributed by atoms with E-state index in [1.807, 2.05) is 0 Å². The minimum Gasteiger partial charge on any atom is -0.462 e. The summed E-state index contributed by atoms with van der Waals surface area (Å²) in [5.74, 6) is -0.829. The van der Waals surface area contributed by atoms with Crippen LogP contribution in [-0.4, -0.2) is 37.2 Å². The summed E-state index contributed by atoms with van der Waals surface area (Å²) in [6, 6.07) is 0. The second kappa shape index (κ2) is 68.4. The van der Waals surface area contributed by atoms with Gasteiger partial charge in [-0.05, 0) is 51.4 Å². The number of allylic oxidation sites excluding steroid dienone is 4. The van der Waals surface area contributed by atoms with E-state index in [2.05, 4.69) is 45.1 Å². The molecule has 0 bridgehead atoms. The van der Waals surface area contributed by atoms with Crippen molar-refractivity contribution in [1.29, 1.82) is 0 Å². The number of hydrogen-bond acceptors (Lipinski definition) is 6. The molecule has 6 nitrogen and oxygen atoms in total. The molecule has 0 aromatic rings. The minimum atomic E-state index is -0.766.